The van der Waals surface area contributed by atoms with Gasteiger partial charge >= 0.3 is 11.9 Å². The number of carbonyl (C=O) groups excluding carboxylic acids is 2. The molecule has 2 heterocycles. The van der Waals surface area contributed by atoms with E-state index in [1.165, 1.54) is 0 Å². The predicted molar refractivity (Wildman–Crippen MR) is 271 cm³/mol. The van der Waals surface area contributed by atoms with Crippen LogP contribution >= 0.6 is 0 Å². The van der Waals surface area contributed by atoms with Crippen LogP contribution in [0.25, 0.3) is 22.3 Å². The molecule has 2 aromatic heterocycles. The second-order valence-corrected chi connectivity index (χ2v) is 17.0. The molecule has 0 spiro atoms. The molecule has 0 radical (unpaired) electrons. The summed E-state index contributed by atoms with van der Waals surface area (Å²) >= 11 is 0. The Morgan fingerprint density at radius 3 is 1.15 bits per heavy atom. The molecule has 338 valence electrons. The molecule has 0 fully saturated rings. The minimum atomic E-state index is -0.312. The molecule has 0 aliphatic heterocycles. The van der Waals surface area contributed by atoms with Crippen LogP contribution in [0.2, 0.25) is 0 Å². The van der Waals surface area contributed by atoms with Gasteiger partial charge in [-0.15, -0.1) is 0 Å². The van der Waals surface area contributed by atoms with E-state index in [2.05, 4.69) is 34.2 Å². The van der Waals surface area contributed by atoms with Crippen molar-refractivity contribution < 1.29 is 19.1 Å². The minimum Gasteiger partial charge on any atom is -0.462 e. The van der Waals surface area contributed by atoms with Gasteiger partial charge in [0.1, 0.15) is 11.6 Å². The van der Waals surface area contributed by atoms with Crippen LogP contribution < -0.4 is 10.0 Å². The normalized spacial score (nSPS) is 13.2. The second-order valence-electron chi connectivity index (χ2n) is 17.0. The number of fused-ring (bicyclic) bond motifs is 6. The van der Waals surface area contributed by atoms with Crippen molar-refractivity contribution in [2.45, 2.75) is 51.4 Å². The van der Waals surface area contributed by atoms with Gasteiger partial charge in [-0.3, -0.25) is 0 Å². The minimum absolute atomic E-state index is 0.312. The monoisotopic (exact) mass is 896 g/mol. The second kappa shape index (κ2) is 20.5. The highest BCUT2D eigenvalue weighted by Crippen LogP contribution is 2.41. The van der Waals surface area contributed by atoms with Crippen molar-refractivity contribution in [2.24, 2.45) is 10.2 Å². The summed E-state index contributed by atoms with van der Waals surface area (Å²) < 4.78 is 11.5. The summed E-state index contributed by atoms with van der Waals surface area (Å²) in [6.07, 6.45) is 11.8. The van der Waals surface area contributed by atoms with E-state index >= 15 is 0 Å². The van der Waals surface area contributed by atoms with Crippen molar-refractivity contribution in [1.82, 2.24) is 9.97 Å². The summed E-state index contributed by atoms with van der Waals surface area (Å²) in [7, 11) is 0. The Hall–Kier alpha value is -8.24. The molecule has 2 N–H and O–H groups in total. The third-order valence-electron chi connectivity index (χ3n) is 12.5. The third-order valence-corrected chi connectivity index (χ3v) is 12.5. The number of hydrazone groups is 2. The first-order chi connectivity index (χ1) is 33.6. The fraction of sp³-hybridized carbons (Fsp3) is 0.172. The summed E-state index contributed by atoms with van der Waals surface area (Å²) in [5.74, 6) is 1.08. The van der Waals surface area contributed by atoms with E-state index in [9.17, 15) is 9.59 Å². The Morgan fingerprint density at radius 1 is 0.382 bits per heavy atom. The highest BCUT2D eigenvalue weighted by molar-refractivity contribution is 6.26. The van der Waals surface area contributed by atoms with Gasteiger partial charge in [-0.25, -0.2) is 19.6 Å². The van der Waals surface area contributed by atoms with Gasteiger partial charge in [0.25, 0.3) is 0 Å². The molecule has 0 bridgehead atoms. The van der Waals surface area contributed by atoms with Gasteiger partial charge in [0.15, 0.2) is 0 Å². The molecule has 0 unspecified atom stereocenters. The van der Waals surface area contributed by atoms with Crippen molar-refractivity contribution in [3.8, 4) is 22.3 Å². The number of aromatic amines is 2. The topological polar surface area (TPSA) is 115 Å². The lowest BCUT2D eigenvalue weighted by molar-refractivity contribution is 0.0487. The summed E-state index contributed by atoms with van der Waals surface area (Å²) in [5, 5.41) is 14.2. The van der Waals surface area contributed by atoms with E-state index in [1.807, 2.05) is 168 Å². The van der Waals surface area contributed by atoms with E-state index in [1.54, 1.807) is 0 Å². The lowest BCUT2D eigenvalue weighted by Crippen LogP contribution is -2.14. The maximum Gasteiger partial charge on any atom is 0.338 e. The molecular formula is C58H52N6O4. The van der Waals surface area contributed by atoms with Crippen molar-refractivity contribution in [2.75, 3.05) is 23.2 Å². The first-order valence-corrected chi connectivity index (χ1v) is 23.6. The van der Waals surface area contributed by atoms with Gasteiger partial charge in [0.05, 0.1) is 47.1 Å². The number of anilines is 4. The largest absolute Gasteiger partial charge is 0.462 e. The third kappa shape index (κ3) is 9.39. The first-order valence-electron chi connectivity index (χ1n) is 23.6. The molecular weight excluding hydrogens is 845 g/mol. The number of nitrogens with one attached hydrogen (secondary N) is 2. The smallest absolute Gasteiger partial charge is 0.338 e. The molecule has 0 saturated heterocycles. The Kier molecular flexibility index (Phi) is 13.2. The highest BCUT2D eigenvalue weighted by Gasteiger charge is 2.29. The molecule has 0 saturated carbocycles. The standard InChI is InChI=1S/C58H52N6O4/c65-57(41-31-33-49-51(39-41)45-25-13-15-27-47(45)55(49)61-63(53-29-19-35-59-53)43-21-9-7-10-22-43)67-37-17-5-3-1-2-4-6-18-38-68-58(66)42-32-34-50-52(40-42)46-26-14-16-28-48(46)56(50)62-64(54-30-20-36-60-54)44-23-11-8-12-24-44/h7-16,19-36,39-40,59-60H,1-6,17-18,37-38H2. The number of unbranched alkanes of at least 4 members (excludes halogenated alkanes) is 7. The number of H-pyrrole nitrogens is 2. The number of carbonyl (C=O) groups is 2. The zero-order valence-electron chi connectivity index (χ0n) is 37.8. The summed E-state index contributed by atoms with van der Waals surface area (Å²) in [6.45, 7) is 0.776. The van der Waals surface area contributed by atoms with Crippen LogP contribution in [-0.2, 0) is 9.47 Å². The Morgan fingerprint density at radius 2 is 0.750 bits per heavy atom. The first kappa shape index (κ1) is 43.6. The van der Waals surface area contributed by atoms with Gasteiger partial charge in [0, 0.05) is 34.6 Å². The van der Waals surface area contributed by atoms with Gasteiger partial charge in [-0.05, 0) is 108 Å². The van der Waals surface area contributed by atoms with Crippen LogP contribution in [-0.4, -0.2) is 46.5 Å². The van der Waals surface area contributed by atoms with Crippen LogP contribution in [0.15, 0.2) is 192 Å². The van der Waals surface area contributed by atoms with E-state index in [0.717, 1.165) is 130 Å². The number of rotatable bonds is 19. The molecule has 6 aromatic carbocycles. The van der Waals surface area contributed by atoms with Gasteiger partial charge in [0.2, 0.25) is 0 Å². The number of ether oxygens (including phenoxy) is 2. The predicted octanol–water partition coefficient (Wildman–Crippen LogP) is 13.6. The van der Waals surface area contributed by atoms with Gasteiger partial charge in [-0.1, -0.05) is 136 Å². The Labute approximate surface area is 396 Å². The number of aromatic nitrogens is 2. The van der Waals surface area contributed by atoms with Crippen molar-refractivity contribution >= 4 is 46.4 Å². The molecule has 0 atom stereocenters. The average molecular weight is 897 g/mol. The Balaban J connectivity index is 0.657. The van der Waals surface area contributed by atoms with Crippen LogP contribution in [0.3, 0.4) is 0 Å². The SMILES string of the molecule is O=C(OCCCCCCCCCCOC(=O)c1ccc2c(c1)-c1ccccc1C2=NN(c1ccccc1)c1ccc[nH]1)c1ccc2c(c1)-c1ccccc1C2=NN(c1ccccc1)c1ccc[nH]1. The van der Waals surface area contributed by atoms with E-state index in [4.69, 9.17) is 19.7 Å². The lowest BCUT2D eigenvalue weighted by Gasteiger charge is -2.19. The molecule has 8 aromatic rings. The average Bonchev–Trinajstić information content (AvgIpc) is 4.23. The fourth-order valence-corrected chi connectivity index (χ4v) is 9.06. The molecule has 2 aliphatic rings. The van der Waals surface area contributed by atoms with Crippen molar-refractivity contribution in [1.29, 1.82) is 0 Å². The van der Waals surface area contributed by atoms with E-state index in [0.29, 0.717) is 24.3 Å². The summed E-state index contributed by atoms with van der Waals surface area (Å²) in [6, 6.07) is 55.9. The number of nitrogens with zero attached hydrogens (tertiary/aromatic N) is 4. The van der Waals surface area contributed by atoms with Crippen LogP contribution in [0, 0.1) is 0 Å². The zero-order chi connectivity index (χ0) is 46.1. The van der Waals surface area contributed by atoms with Crippen molar-refractivity contribution in [3.63, 3.8) is 0 Å². The maximum absolute atomic E-state index is 13.2. The number of benzene rings is 6. The highest BCUT2D eigenvalue weighted by atomic mass is 16.5. The molecule has 0 amide bonds. The molecule has 10 rings (SSSR count). The van der Waals surface area contributed by atoms with Gasteiger partial charge in [-0.2, -0.15) is 10.2 Å². The number of esters is 2. The summed E-state index contributed by atoms with van der Waals surface area (Å²) in [5.41, 5.74) is 12.6. The number of hydrogen-bond donors (Lipinski definition) is 2. The van der Waals surface area contributed by atoms with Gasteiger partial charge < -0.3 is 19.4 Å². The van der Waals surface area contributed by atoms with Crippen molar-refractivity contribution in [3.05, 3.63) is 216 Å². The maximum atomic E-state index is 13.2. The molecule has 2 aliphatic carbocycles. The summed E-state index contributed by atoms with van der Waals surface area (Å²) in [4.78, 5) is 33.1. The fourth-order valence-electron chi connectivity index (χ4n) is 9.06. The number of hydrogen-bond acceptors (Lipinski definition) is 8. The van der Waals surface area contributed by atoms with Crippen LogP contribution in [0.5, 0.6) is 0 Å². The zero-order valence-corrected chi connectivity index (χ0v) is 37.8. The molecule has 68 heavy (non-hydrogen) atoms. The van der Waals surface area contributed by atoms with Crippen LogP contribution in [0.4, 0.5) is 23.0 Å². The molecule has 10 heteroatoms. The quantitative estimate of drug-likeness (QED) is 0.0474. The molecule has 10 nitrogen and oxygen atoms in total. The van der Waals surface area contributed by atoms with E-state index in [-0.39, 0.29) is 11.9 Å². The lowest BCUT2D eigenvalue weighted by atomic mass is 10.0. The number of para-hydroxylation sites is 2. The van der Waals surface area contributed by atoms with E-state index < -0.39 is 0 Å². The van der Waals surface area contributed by atoms with Crippen LogP contribution in [0.1, 0.15) is 94.3 Å². The Bertz CT molecular complexity index is 2860.